The maximum atomic E-state index is 4.71. The smallest absolute Gasteiger partial charge is 0.0930 e. The Morgan fingerprint density at radius 3 is 2.19 bits per heavy atom. The van der Waals surface area contributed by atoms with Gasteiger partial charge in [-0.2, -0.15) is 0 Å². The summed E-state index contributed by atoms with van der Waals surface area (Å²) in [6, 6.07) is 12.7. The maximum absolute atomic E-state index is 4.71. The molecule has 4 nitrogen and oxygen atoms in total. The van der Waals surface area contributed by atoms with Gasteiger partial charge in [0, 0.05) is 36.7 Å². The van der Waals surface area contributed by atoms with Crippen molar-refractivity contribution >= 4 is 0 Å². The van der Waals surface area contributed by atoms with Gasteiger partial charge in [-0.3, -0.25) is 15.0 Å². The molecule has 2 aliphatic rings. The zero-order valence-electron chi connectivity index (χ0n) is 15.0. The van der Waals surface area contributed by atoms with E-state index in [2.05, 4.69) is 46.7 Å². The van der Waals surface area contributed by atoms with Crippen molar-refractivity contribution in [2.45, 2.75) is 18.3 Å². The lowest BCUT2D eigenvalue weighted by Gasteiger charge is -2.33. The average molecular weight is 352 g/mol. The molecule has 0 fully saturated rings. The molecule has 0 atom stereocenters. The van der Waals surface area contributed by atoms with E-state index in [1.807, 2.05) is 43.1 Å². The molecule has 0 amide bonds. The third-order valence-corrected chi connectivity index (χ3v) is 5.53. The van der Waals surface area contributed by atoms with Crippen LogP contribution >= 0.6 is 0 Å². The molecule has 3 aromatic rings. The highest BCUT2D eigenvalue weighted by Crippen LogP contribution is 2.52. The van der Waals surface area contributed by atoms with Crippen molar-refractivity contribution in [3.05, 3.63) is 102 Å². The number of dihydropyridines is 1. The van der Waals surface area contributed by atoms with E-state index in [0.717, 1.165) is 30.8 Å². The van der Waals surface area contributed by atoms with Gasteiger partial charge in [0.25, 0.3) is 0 Å². The first kappa shape index (κ1) is 15.9. The second-order valence-corrected chi connectivity index (χ2v) is 7.11. The highest BCUT2D eigenvalue weighted by Gasteiger charge is 2.45. The van der Waals surface area contributed by atoms with Crippen LogP contribution in [0.25, 0.3) is 11.4 Å². The van der Waals surface area contributed by atoms with E-state index in [1.54, 1.807) is 0 Å². The van der Waals surface area contributed by atoms with Gasteiger partial charge in [0.1, 0.15) is 0 Å². The fourth-order valence-corrected chi connectivity index (χ4v) is 4.37. The minimum absolute atomic E-state index is 0.179. The molecule has 0 aromatic carbocycles. The van der Waals surface area contributed by atoms with E-state index in [9.17, 15) is 0 Å². The van der Waals surface area contributed by atoms with Gasteiger partial charge in [-0.25, -0.2) is 0 Å². The van der Waals surface area contributed by atoms with Gasteiger partial charge in [0.15, 0.2) is 0 Å². The topological polar surface area (TPSA) is 50.7 Å². The molecular weight excluding hydrogens is 332 g/mol. The van der Waals surface area contributed by atoms with Crippen molar-refractivity contribution in [1.29, 1.82) is 0 Å². The number of hydrogen-bond acceptors (Lipinski definition) is 4. The van der Waals surface area contributed by atoms with Crippen molar-refractivity contribution in [3.8, 4) is 11.4 Å². The molecule has 132 valence electrons. The molecule has 0 bridgehead atoms. The molecule has 27 heavy (non-hydrogen) atoms. The number of nitrogens with zero attached hydrogens (tertiary/aromatic N) is 3. The number of fused-ring (bicyclic) bond motifs is 3. The molecule has 1 aliphatic heterocycles. The van der Waals surface area contributed by atoms with E-state index in [-0.39, 0.29) is 5.41 Å². The first-order valence-corrected chi connectivity index (χ1v) is 9.26. The maximum Gasteiger partial charge on any atom is 0.0930 e. The molecule has 1 aliphatic carbocycles. The number of nitrogens with one attached hydrogen (secondary N) is 1. The molecule has 5 rings (SSSR count). The van der Waals surface area contributed by atoms with Gasteiger partial charge in [0.05, 0.1) is 11.4 Å². The summed E-state index contributed by atoms with van der Waals surface area (Å²) in [4.78, 5) is 13.6. The van der Waals surface area contributed by atoms with Crippen LogP contribution in [0, 0.1) is 0 Å². The van der Waals surface area contributed by atoms with E-state index in [4.69, 9.17) is 9.97 Å². The highest BCUT2D eigenvalue weighted by molar-refractivity contribution is 5.75. The summed E-state index contributed by atoms with van der Waals surface area (Å²) < 4.78 is 0. The Hall–Kier alpha value is -3.27. The third-order valence-electron chi connectivity index (χ3n) is 5.53. The van der Waals surface area contributed by atoms with Crippen LogP contribution < -0.4 is 5.32 Å². The summed E-state index contributed by atoms with van der Waals surface area (Å²) in [5.74, 6) is 0. The van der Waals surface area contributed by atoms with Gasteiger partial charge < -0.3 is 5.32 Å². The van der Waals surface area contributed by atoms with Crippen molar-refractivity contribution in [1.82, 2.24) is 20.3 Å². The lowest BCUT2D eigenvalue weighted by molar-refractivity contribution is 0.518. The Morgan fingerprint density at radius 1 is 0.852 bits per heavy atom. The molecule has 3 aromatic heterocycles. The fourth-order valence-electron chi connectivity index (χ4n) is 4.37. The molecule has 0 unspecified atom stereocenters. The Kier molecular flexibility index (Phi) is 3.82. The largest absolute Gasteiger partial charge is 0.387 e. The normalized spacial score (nSPS) is 16.2. The Morgan fingerprint density at radius 2 is 1.56 bits per heavy atom. The van der Waals surface area contributed by atoms with E-state index >= 15 is 0 Å². The van der Waals surface area contributed by atoms with Gasteiger partial charge >= 0.3 is 0 Å². The highest BCUT2D eigenvalue weighted by atomic mass is 14.8. The first-order valence-electron chi connectivity index (χ1n) is 9.26. The summed E-state index contributed by atoms with van der Waals surface area (Å²) in [7, 11) is 0. The van der Waals surface area contributed by atoms with Crippen molar-refractivity contribution in [2.24, 2.45) is 0 Å². The Labute approximate surface area is 158 Å². The van der Waals surface area contributed by atoms with Crippen LogP contribution in [0.5, 0.6) is 0 Å². The van der Waals surface area contributed by atoms with Crippen LogP contribution in [-0.4, -0.2) is 21.5 Å². The Bertz CT molecular complexity index is 992. The van der Waals surface area contributed by atoms with Crippen LogP contribution in [0.15, 0.2) is 85.1 Å². The number of aromatic nitrogens is 3. The van der Waals surface area contributed by atoms with Gasteiger partial charge in [-0.15, -0.1) is 0 Å². The molecule has 4 heteroatoms. The van der Waals surface area contributed by atoms with E-state index in [1.165, 1.54) is 22.3 Å². The summed E-state index contributed by atoms with van der Waals surface area (Å²) >= 11 is 0. The predicted octanol–water partition coefficient (Wildman–Crippen LogP) is 3.81. The van der Waals surface area contributed by atoms with Crippen molar-refractivity contribution in [2.75, 3.05) is 6.54 Å². The SMILES string of the molecule is C1=CC(CC2(Cc3ccncc3)c3cccnc3-c3ncccc32)=CCN1. The zero-order valence-corrected chi connectivity index (χ0v) is 15.0. The van der Waals surface area contributed by atoms with Crippen LogP contribution in [0.1, 0.15) is 23.1 Å². The van der Waals surface area contributed by atoms with Crippen molar-refractivity contribution in [3.63, 3.8) is 0 Å². The first-order chi connectivity index (χ1) is 13.4. The van der Waals surface area contributed by atoms with Gasteiger partial charge in [0.2, 0.25) is 0 Å². The summed E-state index contributed by atoms with van der Waals surface area (Å²) in [6.45, 7) is 0.872. The molecule has 1 N–H and O–H groups in total. The number of pyridine rings is 3. The second kappa shape index (κ2) is 6.47. The standard InChI is InChI=1S/C23H20N4/c1-3-19-21(26-9-1)22-20(4-2-10-27-22)23(19,15-17-5-11-24-12-6-17)16-18-7-13-25-14-8-18/h1-13,25H,14-16H2. The molecule has 0 spiro atoms. The summed E-state index contributed by atoms with van der Waals surface area (Å²) in [6.07, 6.45) is 15.8. The van der Waals surface area contributed by atoms with Crippen LogP contribution in [0.3, 0.4) is 0 Å². The molecular formula is C23H20N4. The molecule has 4 heterocycles. The molecule has 0 radical (unpaired) electrons. The lowest BCUT2D eigenvalue weighted by Crippen LogP contribution is -2.29. The third kappa shape index (κ3) is 2.65. The average Bonchev–Trinajstić information content (AvgIpc) is 3.00. The van der Waals surface area contributed by atoms with Gasteiger partial charge in [-0.1, -0.05) is 18.2 Å². The lowest BCUT2D eigenvalue weighted by atomic mass is 9.70. The number of allylic oxidation sites excluding steroid dienone is 2. The fraction of sp³-hybridized carbons (Fsp3) is 0.174. The molecule has 0 saturated heterocycles. The van der Waals surface area contributed by atoms with E-state index < -0.39 is 0 Å². The Balaban J connectivity index is 1.72. The number of rotatable bonds is 4. The van der Waals surface area contributed by atoms with Crippen LogP contribution in [-0.2, 0) is 11.8 Å². The second-order valence-electron chi connectivity index (χ2n) is 7.11. The monoisotopic (exact) mass is 352 g/mol. The summed E-state index contributed by atoms with van der Waals surface area (Å²) in [5.41, 5.74) is 7.00. The molecule has 0 saturated carbocycles. The minimum Gasteiger partial charge on any atom is -0.387 e. The van der Waals surface area contributed by atoms with Gasteiger partial charge in [-0.05, 0) is 71.6 Å². The quantitative estimate of drug-likeness (QED) is 0.776. The zero-order chi connectivity index (χ0) is 18.1. The van der Waals surface area contributed by atoms with Crippen LogP contribution in [0.2, 0.25) is 0 Å². The van der Waals surface area contributed by atoms with Crippen LogP contribution in [0.4, 0.5) is 0 Å². The minimum atomic E-state index is -0.179. The predicted molar refractivity (Wildman–Crippen MR) is 106 cm³/mol. The van der Waals surface area contributed by atoms with E-state index in [0.29, 0.717) is 0 Å². The van der Waals surface area contributed by atoms with Crippen molar-refractivity contribution < 1.29 is 0 Å². The number of hydrogen-bond donors (Lipinski definition) is 1. The summed E-state index contributed by atoms with van der Waals surface area (Å²) in [5, 5.41) is 3.25.